The molecule has 5 heterocycles. The number of aromatic amines is 1. The molecular formula is C32H46N8O2. The third-order valence-corrected chi connectivity index (χ3v) is 8.75. The van der Waals surface area contributed by atoms with Crippen LogP contribution >= 0.6 is 0 Å². The van der Waals surface area contributed by atoms with E-state index in [1.807, 2.05) is 14.3 Å². The lowest BCUT2D eigenvalue weighted by Crippen LogP contribution is -2.49. The SMILES string of the molecule is CCC[C@H]1CN(C(=O)CN(CCO)C(C)(C)C)CN1c1ccc2[nH]c(-c3cn4ncnc4c(C)c3C)c(C(C)C)c2n1. The van der Waals surface area contributed by atoms with Crippen LogP contribution in [0.15, 0.2) is 24.7 Å². The summed E-state index contributed by atoms with van der Waals surface area (Å²) in [5.74, 6) is 1.22. The van der Waals surface area contributed by atoms with Gasteiger partial charge in [-0.15, -0.1) is 0 Å². The van der Waals surface area contributed by atoms with E-state index in [4.69, 9.17) is 4.98 Å². The molecule has 1 amide bonds. The van der Waals surface area contributed by atoms with Crippen molar-refractivity contribution in [2.45, 2.75) is 85.7 Å². The van der Waals surface area contributed by atoms with Crippen LogP contribution in [0.5, 0.6) is 0 Å². The van der Waals surface area contributed by atoms with Gasteiger partial charge in [0.25, 0.3) is 0 Å². The number of fused-ring (bicyclic) bond motifs is 2. The van der Waals surface area contributed by atoms with E-state index in [9.17, 15) is 9.90 Å². The van der Waals surface area contributed by atoms with Gasteiger partial charge in [-0.05, 0) is 70.2 Å². The fourth-order valence-corrected chi connectivity index (χ4v) is 6.23. The van der Waals surface area contributed by atoms with Crippen molar-refractivity contribution in [2.24, 2.45) is 0 Å². The monoisotopic (exact) mass is 574 g/mol. The van der Waals surface area contributed by atoms with Crippen LogP contribution in [0.2, 0.25) is 0 Å². The maximum absolute atomic E-state index is 13.5. The van der Waals surface area contributed by atoms with E-state index in [0.717, 1.165) is 52.2 Å². The zero-order valence-corrected chi connectivity index (χ0v) is 26.4. The zero-order valence-electron chi connectivity index (χ0n) is 26.4. The molecule has 4 aromatic rings. The Bertz CT molecular complexity index is 1580. The highest BCUT2D eigenvalue weighted by atomic mass is 16.3. The average Bonchev–Trinajstić information content (AvgIpc) is 3.66. The van der Waals surface area contributed by atoms with Crippen molar-refractivity contribution in [3.8, 4) is 11.3 Å². The number of aliphatic hydroxyl groups is 1. The Balaban J connectivity index is 1.51. The second kappa shape index (κ2) is 11.6. The molecule has 1 aliphatic rings. The summed E-state index contributed by atoms with van der Waals surface area (Å²) in [7, 11) is 0. The molecule has 1 atom stereocenters. The Hall–Kier alpha value is -3.50. The number of β-amino-alcohol motifs (C(OH)–C–C–N with tert-alkyl or cyclic N) is 1. The van der Waals surface area contributed by atoms with Crippen LogP contribution in [0.1, 0.15) is 77.0 Å². The average molecular weight is 575 g/mol. The molecule has 1 fully saturated rings. The maximum Gasteiger partial charge on any atom is 0.238 e. The molecule has 2 N–H and O–H groups in total. The van der Waals surface area contributed by atoms with Gasteiger partial charge in [0.1, 0.15) is 12.1 Å². The number of carbonyl (C=O) groups excluding carboxylic acids is 1. The van der Waals surface area contributed by atoms with Crippen molar-refractivity contribution in [1.82, 2.24) is 34.4 Å². The summed E-state index contributed by atoms with van der Waals surface area (Å²) >= 11 is 0. The number of hydrogen-bond acceptors (Lipinski definition) is 7. The van der Waals surface area contributed by atoms with E-state index in [1.165, 1.54) is 11.1 Å². The Labute approximate surface area is 248 Å². The number of anilines is 1. The third-order valence-electron chi connectivity index (χ3n) is 8.75. The van der Waals surface area contributed by atoms with Gasteiger partial charge in [0.15, 0.2) is 5.65 Å². The van der Waals surface area contributed by atoms with E-state index in [-0.39, 0.29) is 36.6 Å². The smallest absolute Gasteiger partial charge is 0.238 e. The highest BCUT2D eigenvalue weighted by Crippen LogP contribution is 2.38. The van der Waals surface area contributed by atoms with Gasteiger partial charge in [-0.3, -0.25) is 9.69 Å². The van der Waals surface area contributed by atoms with Crippen molar-refractivity contribution in [2.75, 3.05) is 37.8 Å². The Kier molecular flexibility index (Phi) is 8.31. The second-order valence-corrected chi connectivity index (χ2v) is 12.9. The molecular weight excluding hydrogens is 528 g/mol. The van der Waals surface area contributed by atoms with E-state index in [2.05, 4.69) is 93.7 Å². The Morgan fingerprint density at radius 1 is 1.21 bits per heavy atom. The summed E-state index contributed by atoms with van der Waals surface area (Å²) in [6, 6.07) is 4.40. The lowest BCUT2D eigenvalue weighted by Gasteiger charge is -2.35. The summed E-state index contributed by atoms with van der Waals surface area (Å²) in [5, 5.41) is 14.0. The standard InChI is InChI=1S/C32H46N8O2/c1-9-10-23-15-37(27(42)17-38(13-14-41)32(6,7)8)19-39(23)26-12-11-25-30(36-26)28(20(2)3)29(35-25)24-16-40-31(33-18-34-40)22(5)21(24)4/h11-12,16,18,20,23,35,41H,9-10,13-15,17,19H2,1-8H3/t23-/m0/s1. The third kappa shape index (κ3) is 5.49. The number of nitrogens with zero attached hydrogens (tertiary/aromatic N) is 7. The first kappa shape index (κ1) is 30.0. The maximum atomic E-state index is 13.5. The highest BCUT2D eigenvalue weighted by molar-refractivity contribution is 5.90. The molecule has 1 aliphatic heterocycles. The fraction of sp³-hybridized carbons (Fsp3) is 0.562. The van der Waals surface area contributed by atoms with E-state index in [1.54, 1.807) is 6.33 Å². The summed E-state index contributed by atoms with van der Waals surface area (Å²) in [6.07, 6.45) is 5.66. The summed E-state index contributed by atoms with van der Waals surface area (Å²) < 4.78 is 1.85. The van der Waals surface area contributed by atoms with Crippen LogP contribution in [-0.4, -0.2) is 89.9 Å². The number of aryl methyl sites for hydroxylation is 1. The molecule has 42 heavy (non-hydrogen) atoms. The molecule has 226 valence electrons. The minimum Gasteiger partial charge on any atom is -0.395 e. The van der Waals surface area contributed by atoms with Gasteiger partial charge >= 0.3 is 0 Å². The molecule has 0 radical (unpaired) electrons. The minimum atomic E-state index is -0.207. The summed E-state index contributed by atoms with van der Waals surface area (Å²) in [5.41, 5.74) is 8.26. The lowest BCUT2D eigenvalue weighted by molar-refractivity contribution is -0.132. The predicted molar refractivity (Wildman–Crippen MR) is 168 cm³/mol. The van der Waals surface area contributed by atoms with Gasteiger partial charge in [-0.2, -0.15) is 5.10 Å². The molecule has 1 saturated heterocycles. The molecule has 0 unspecified atom stereocenters. The number of aromatic nitrogens is 5. The van der Waals surface area contributed by atoms with Crippen LogP contribution in [0, 0.1) is 13.8 Å². The van der Waals surface area contributed by atoms with Gasteiger partial charge in [-0.25, -0.2) is 14.5 Å². The minimum absolute atomic E-state index is 0.0295. The number of aliphatic hydroxyl groups excluding tert-OH is 1. The van der Waals surface area contributed by atoms with Crippen LogP contribution in [0.3, 0.4) is 0 Å². The van der Waals surface area contributed by atoms with Crippen molar-refractivity contribution in [3.63, 3.8) is 0 Å². The summed E-state index contributed by atoms with van der Waals surface area (Å²) in [4.78, 5) is 33.2. The van der Waals surface area contributed by atoms with Crippen LogP contribution in [0.25, 0.3) is 27.9 Å². The number of nitrogens with one attached hydrogen (secondary N) is 1. The normalized spacial score (nSPS) is 16.2. The Morgan fingerprint density at radius 3 is 2.64 bits per heavy atom. The van der Waals surface area contributed by atoms with Gasteiger partial charge < -0.3 is 19.9 Å². The topological polar surface area (TPSA) is 106 Å². The summed E-state index contributed by atoms with van der Waals surface area (Å²) in [6.45, 7) is 19.0. The van der Waals surface area contributed by atoms with E-state index in [0.29, 0.717) is 19.8 Å². The van der Waals surface area contributed by atoms with Gasteiger partial charge in [0, 0.05) is 42.0 Å². The van der Waals surface area contributed by atoms with Crippen molar-refractivity contribution >= 4 is 28.4 Å². The van der Waals surface area contributed by atoms with Gasteiger partial charge in [0.05, 0.1) is 36.5 Å². The van der Waals surface area contributed by atoms with Gasteiger partial charge in [0.2, 0.25) is 5.91 Å². The molecule has 0 aliphatic carbocycles. The number of hydrogen-bond donors (Lipinski definition) is 2. The number of amides is 1. The molecule has 5 rings (SSSR count). The van der Waals surface area contributed by atoms with Crippen LogP contribution in [0.4, 0.5) is 5.82 Å². The molecule has 4 aromatic heterocycles. The van der Waals surface area contributed by atoms with Gasteiger partial charge in [-0.1, -0.05) is 27.2 Å². The molecule has 0 bridgehead atoms. The first-order valence-electron chi connectivity index (χ1n) is 15.2. The van der Waals surface area contributed by atoms with E-state index < -0.39 is 0 Å². The number of H-pyrrole nitrogens is 1. The molecule has 0 aromatic carbocycles. The molecule has 10 nitrogen and oxygen atoms in total. The quantitative estimate of drug-likeness (QED) is 0.294. The largest absolute Gasteiger partial charge is 0.395 e. The fourth-order valence-electron chi connectivity index (χ4n) is 6.23. The first-order valence-corrected chi connectivity index (χ1v) is 15.2. The van der Waals surface area contributed by atoms with Crippen molar-refractivity contribution < 1.29 is 9.90 Å². The molecule has 0 saturated carbocycles. The predicted octanol–water partition coefficient (Wildman–Crippen LogP) is 4.88. The van der Waals surface area contributed by atoms with E-state index >= 15 is 0 Å². The van der Waals surface area contributed by atoms with Crippen LogP contribution in [-0.2, 0) is 4.79 Å². The van der Waals surface area contributed by atoms with Crippen LogP contribution < -0.4 is 4.90 Å². The van der Waals surface area contributed by atoms with Crippen molar-refractivity contribution in [1.29, 1.82) is 0 Å². The molecule has 10 heteroatoms. The molecule has 0 spiro atoms. The number of rotatable bonds is 9. The lowest BCUT2D eigenvalue weighted by atomic mass is 9.95. The number of carbonyl (C=O) groups is 1. The second-order valence-electron chi connectivity index (χ2n) is 12.9. The Morgan fingerprint density at radius 2 is 1.98 bits per heavy atom. The zero-order chi connectivity index (χ0) is 30.3. The first-order chi connectivity index (χ1) is 19.9. The number of pyridine rings is 2. The highest BCUT2D eigenvalue weighted by Gasteiger charge is 2.35. The van der Waals surface area contributed by atoms with Crippen molar-refractivity contribution in [3.05, 3.63) is 41.3 Å².